The quantitative estimate of drug-likeness (QED) is 0.659. The summed E-state index contributed by atoms with van der Waals surface area (Å²) in [7, 11) is -3.74. The first-order valence-corrected chi connectivity index (χ1v) is 11.7. The van der Waals surface area contributed by atoms with Crippen LogP contribution in [0.5, 0.6) is 0 Å². The molecule has 7 nitrogen and oxygen atoms in total. The van der Waals surface area contributed by atoms with Crippen molar-refractivity contribution in [3.05, 3.63) is 52.3 Å². The number of benzene rings is 1. The van der Waals surface area contributed by atoms with Gasteiger partial charge in [-0.1, -0.05) is 36.6 Å². The highest BCUT2D eigenvalue weighted by atomic mass is 35.5. The van der Waals surface area contributed by atoms with Crippen molar-refractivity contribution < 1.29 is 8.42 Å². The molecule has 1 saturated carbocycles. The molecular weight excluding hydrogens is 410 g/mol. The molecule has 152 valence electrons. The molecule has 0 aliphatic heterocycles. The van der Waals surface area contributed by atoms with Gasteiger partial charge in [-0.2, -0.15) is 9.61 Å². The first-order valence-electron chi connectivity index (χ1n) is 9.80. The van der Waals surface area contributed by atoms with Crippen LogP contribution < -0.4 is 10.5 Å². The molecule has 0 amide bonds. The number of nitrogens with two attached hydrogens (primary N) is 1. The number of halogens is 1. The molecule has 3 aromatic rings. The van der Waals surface area contributed by atoms with Crippen molar-refractivity contribution in [3.8, 4) is 0 Å². The zero-order valence-corrected chi connectivity index (χ0v) is 17.4. The van der Waals surface area contributed by atoms with E-state index in [0.29, 0.717) is 17.2 Å². The van der Waals surface area contributed by atoms with Gasteiger partial charge in [0.15, 0.2) is 5.65 Å². The van der Waals surface area contributed by atoms with E-state index in [1.165, 1.54) is 37.3 Å². The van der Waals surface area contributed by atoms with E-state index in [-0.39, 0.29) is 10.3 Å². The average Bonchev–Trinajstić information content (AvgIpc) is 3.41. The summed E-state index contributed by atoms with van der Waals surface area (Å²) < 4.78 is 25.1. The van der Waals surface area contributed by atoms with E-state index in [2.05, 4.69) is 10.4 Å². The number of rotatable bonds is 4. The van der Waals surface area contributed by atoms with Gasteiger partial charge in [-0.25, -0.2) is 18.5 Å². The van der Waals surface area contributed by atoms with Crippen LogP contribution in [0.25, 0.3) is 5.65 Å². The minimum atomic E-state index is -3.74. The van der Waals surface area contributed by atoms with Gasteiger partial charge in [-0.3, -0.25) is 0 Å². The van der Waals surface area contributed by atoms with Crippen molar-refractivity contribution in [3.63, 3.8) is 0 Å². The molecule has 29 heavy (non-hydrogen) atoms. The standard InChI is InChI=1S/C20H22ClN5O2S/c21-16-12-24-26-18(23-11-13-4-3-5-14(10-13)29(22,27)28)15-6-9-20(7-1-2-8-20)17(15)25-19(16)26/h3-5,10,12,23H,1-2,6-9,11H2,(H2,22,27,28). The summed E-state index contributed by atoms with van der Waals surface area (Å²) in [6, 6.07) is 6.66. The summed E-state index contributed by atoms with van der Waals surface area (Å²) >= 11 is 6.38. The van der Waals surface area contributed by atoms with Gasteiger partial charge in [-0.05, 0) is 43.4 Å². The highest BCUT2D eigenvalue weighted by Gasteiger charge is 2.44. The van der Waals surface area contributed by atoms with E-state index in [9.17, 15) is 8.42 Å². The van der Waals surface area contributed by atoms with E-state index in [1.54, 1.807) is 22.8 Å². The van der Waals surface area contributed by atoms with Crippen LogP contribution in [0.4, 0.5) is 5.82 Å². The Morgan fingerprint density at radius 3 is 2.79 bits per heavy atom. The lowest BCUT2D eigenvalue weighted by molar-refractivity contribution is 0.429. The largest absolute Gasteiger partial charge is 0.366 e. The zero-order valence-electron chi connectivity index (χ0n) is 15.9. The lowest BCUT2D eigenvalue weighted by atomic mass is 9.83. The van der Waals surface area contributed by atoms with Crippen LogP contribution in [-0.2, 0) is 28.4 Å². The van der Waals surface area contributed by atoms with Crippen molar-refractivity contribution in [2.45, 2.75) is 55.4 Å². The highest BCUT2D eigenvalue weighted by Crippen LogP contribution is 2.51. The van der Waals surface area contributed by atoms with Gasteiger partial charge in [0, 0.05) is 17.5 Å². The third-order valence-electron chi connectivity index (χ3n) is 6.31. The summed E-state index contributed by atoms with van der Waals surface area (Å²) in [5.41, 5.74) is 4.00. The first-order chi connectivity index (χ1) is 13.9. The SMILES string of the molecule is NS(=O)(=O)c1cccc(CNc2c3c(nc4c(Cl)cnn24)C2(CCCC2)CC3)c1. The second-order valence-electron chi connectivity index (χ2n) is 8.05. The minimum absolute atomic E-state index is 0.106. The minimum Gasteiger partial charge on any atom is -0.366 e. The zero-order chi connectivity index (χ0) is 20.2. The normalized spacial score (nSPS) is 17.9. The molecule has 0 bridgehead atoms. The number of nitrogens with one attached hydrogen (secondary N) is 1. The van der Waals surface area contributed by atoms with Gasteiger partial charge in [0.05, 0.1) is 16.8 Å². The third kappa shape index (κ3) is 3.10. The number of anilines is 1. The Kier molecular flexibility index (Phi) is 4.34. The molecule has 1 spiro atoms. The Labute approximate surface area is 174 Å². The summed E-state index contributed by atoms with van der Waals surface area (Å²) in [5.74, 6) is 0.890. The van der Waals surface area contributed by atoms with E-state index >= 15 is 0 Å². The van der Waals surface area contributed by atoms with E-state index in [4.69, 9.17) is 21.7 Å². The van der Waals surface area contributed by atoms with Crippen LogP contribution in [0.1, 0.15) is 48.9 Å². The molecule has 9 heteroatoms. The number of fused-ring (bicyclic) bond motifs is 3. The molecule has 0 atom stereocenters. The number of nitrogens with zero attached hydrogens (tertiary/aromatic N) is 3. The molecule has 0 saturated heterocycles. The average molecular weight is 432 g/mol. The van der Waals surface area contributed by atoms with Crippen molar-refractivity contribution in [2.24, 2.45) is 5.14 Å². The fraction of sp³-hybridized carbons (Fsp3) is 0.400. The Balaban J connectivity index is 1.56. The summed E-state index contributed by atoms with van der Waals surface area (Å²) in [6.45, 7) is 0.444. The number of aromatic nitrogens is 3. The summed E-state index contributed by atoms with van der Waals surface area (Å²) in [4.78, 5) is 5.05. The lowest BCUT2D eigenvalue weighted by Gasteiger charge is -2.23. The van der Waals surface area contributed by atoms with Crippen molar-refractivity contribution >= 4 is 33.1 Å². The van der Waals surface area contributed by atoms with Gasteiger partial charge in [-0.15, -0.1) is 0 Å². The molecule has 0 radical (unpaired) electrons. The van der Waals surface area contributed by atoms with Crippen LogP contribution in [0.15, 0.2) is 35.4 Å². The summed E-state index contributed by atoms with van der Waals surface area (Å²) in [5, 5.41) is 13.7. The Morgan fingerprint density at radius 1 is 1.24 bits per heavy atom. The number of sulfonamides is 1. The van der Waals surface area contributed by atoms with E-state index < -0.39 is 10.0 Å². The van der Waals surface area contributed by atoms with Crippen molar-refractivity contribution in [2.75, 3.05) is 5.32 Å². The maximum atomic E-state index is 11.7. The molecule has 1 aromatic carbocycles. The Bertz CT molecular complexity index is 1220. The smallest absolute Gasteiger partial charge is 0.238 e. The van der Waals surface area contributed by atoms with Gasteiger partial charge >= 0.3 is 0 Å². The van der Waals surface area contributed by atoms with Crippen molar-refractivity contribution in [1.82, 2.24) is 14.6 Å². The Morgan fingerprint density at radius 2 is 2.03 bits per heavy atom. The first kappa shape index (κ1) is 18.8. The molecule has 1 fully saturated rings. The van der Waals surface area contributed by atoms with Crippen LogP contribution in [0.2, 0.25) is 5.02 Å². The van der Waals surface area contributed by atoms with Crippen molar-refractivity contribution in [1.29, 1.82) is 0 Å². The molecule has 3 N–H and O–H groups in total. The second-order valence-corrected chi connectivity index (χ2v) is 10.0. The highest BCUT2D eigenvalue weighted by molar-refractivity contribution is 7.89. The van der Waals surface area contributed by atoms with Crippen LogP contribution in [-0.4, -0.2) is 23.0 Å². The predicted molar refractivity (Wildman–Crippen MR) is 112 cm³/mol. The van der Waals surface area contributed by atoms with Crippen LogP contribution in [0, 0.1) is 0 Å². The molecule has 5 rings (SSSR count). The molecule has 2 aliphatic carbocycles. The van der Waals surface area contributed by atoms with Crippen LogP contribution >= 0.6 is 11.6 Å². The molecule has 2 aliphatic rings. The van der Waals surface area contributed by atoms with Crippen LogP contribution in [0.3, 0.4) is 0 Å². The molecular formula is C20H22ClN5O2S. The van der Waals surface area contributed by atoms with E-state index in [0.717, 1.165) is 29.9 Å². The van der Waals surface area contributed by atoms with Gasteiger partial charge < -0.3 is 5.32 Å². The fourth-order valence-corrected chi connectivity index (χ4v) is 5.65. The molecule has 2 aromatic heterocycles. The monoisotopic (exact) mass is 431 g/mol. The van der Waals surface area contributed by atoms with E-state index in [1.807, 2.05) is 6.07 Å². The number of primary sulfonamides is 1. The number of hydrogen-bond acceptors (Lipinski definition) is 5. The second kappa shape index (κ2) is 6.68. The number of hydrogen-bond donors (Lipinski definition) is 2. The van der Waals surface area contributed by atoms with Gasteiger partial charge in [0.1, 0.15) is 10.8 Å². The van der Waals surface area contributed by atoms with Gasteiger partial charge in [0.25, 0.3) is 0 Å². The molecule has 0 unspecified atom stereocenters. The topological polar surface area (TPSA) is 102 Å². The molecule has 2 heterocycles. The predicted octanol–water partition coefficient (Wildman–Crippen LogP) is 3.40. The maximum Gasteiger partial charge on any atom is 0.238 e. The fourth-order valence-electron chi connectivity index (χ4n) is 4.90. The maximum absolute atomic E-state index is 11.7. The Hall–Kier alpha value is -2.16. The van der Waals surface area contributed by atoms with Gasteiger partial charge in [0.2, 0.25) is 10.0 Å². The lowest BCUT2D eigenvalue weighted by Crippen LogP contribution is -2.20. The third-order valence-corrected chi connectivity index (χ3v) is 7.48. The summed E-state index contributed by atoms with van der Waals surface area (Å²) in [6.07, 6.45) is 8.50.